The third kappa shape index (κ3) is 1.80. The fourth-order valence-corrected chi connectivity index (χ4v) is 2.30. The highest BCUT2D eigenvalue weighted by atomic mass is 19.1. The van der Waals surface area contributed by atoms with Crippen molar-refractivity contribution in [1.82, 2.24) is 0 Å². The van der Waals surface area contributed by atoms with Gasteiger partial charge in [0.25, 0.3) is 0 Å². The summed E-state index contributed by atoms with van der Waals surface area (Å²) in [6.45, 7) is 0.318. The summed E-state index contributed by atoms with van der Waals surface area (Å²) >= 11 is 0. The first-order valence-electron chi connectivity index (χ1n) is 5.43. The van der Waals surface area contributed by atoms with Crippen molar-refractivity contribution in [3.8, 4) is 0 Å². The first kappa shape index (κ1) is 12.0. The molecule has 0 heterocycles. The summed E-state index contributed by atoms with van der Waals surface area (Å²) in [5, 5.41) is 8.66. The lowest BCUT2D eigenvalue weighted by molar-refractivity contribution is 0.0686. The summed E-state index contributed by atoms with van der Waals surface area (Å²) in [6.07, 6.45) is 2.55. The van der Waals surface area contributed by atoms with Crippen LogP contribution in [-0.4, -0.2) is 17.6 Å². The van der Waals surface area contributed by atoms with Gasteiger partial charge in [0.1, 0.15) is 17.2 Å². The van der Waals surface area contributed by atoms with Gasteiger partial charge in [-0.25, -0.2) is 13.6 Å². The molecule has 0 atom stereocenters. The van der Waals surface area contributed by atoms with Gasteiger partial charge in [-0.15, -0.1) is 0 Å². The van der Waals surface area contributed by atoms with Crippen LogP contribution in [0, 0.1) is 11.6 Å². The Morgan fingerprint density at radius 1 is 1.35 bits per heavy atom. The van der Waals surface area contributed by atoms with Gasteiger partial charge >= 0.3 is 5.97 Å². The minimum absolute atomic E-state index is 0.318. The van der Waals surface area contributed by atoms with E-state index in [1.54, 1.807) is 0 Å². The zero-order valence-corrected chi connectivity index (χ0v) is 9.17. The van der Waals surface area contributed by atoms with Crippen molar-refractivity contribution in [2.24, 2.45) is 5.73 Å². The lowest BCUT2D eigenvalue weighted by Crippen LogP contribution is -2.41. The van der Waals surface area contributed by atoms with Crippen molar-refractivity contribution < 1.29 is 18.7 Å². The maximum Gasteiger partial charge on any atom is 0.341 e. The Morgan fingerprint density at radius 3 is 2.18 bits per heavy atom. The van der Waals surface area contributed by atoms with Crippen molar-refractivity contribution in [2.45, 2.75) is 24.7 Å². The van der Waals surface area contributed by atoms with Gasteiger partial charge in [-0.05, 0) is 30.5 Å². The number of halogens is 2. The van der Waals surface area contributed by atoms with Gasteiger partial charge in [0.2, 0.25) is 0 Å². The van der Waals surface area contributed by atoms with Crippen molar-refractivity contribution in [3.05, 3.63) is 34.9 Å². The minimum atomic E-state index is -1.60. The van der Waals surface area contributed by atoms with Crippen LogP contribution in [0.15, 0.2) is 12.1 Å². The Balaban J connectivity index is 2.49. The lowest BCUT2D eigenvalue weighted by Gasteiger charge is -2.41. The molecule has 3 N–H and O–H groups in total. The van der Waals surface area contributed by atoms with E-state index in [0.717, 1.165) is 31.4 Å². The molecule has 0 aromatic heterocycles. The molecule has 0 radical (unpaired) electrons. The van der Waals surface area contributed by atoms with Crippen LogP contribution in [0.4, 0.5) is 8.78 Å². The Bertz CT molecular complexity index is 441. The predicted molar refractivity (Wildman–Crippen MR) is 57.9 cm³/mol. The Morgan fingerprint density at radius 2 is 1.88 bits per heavy atom. The van der Waals surface area contributed by atoms with Crippen LogP contribution in [0.2, 0.25) is 0 Å². The number of hydrogen-bond acceptors (Lipinski definition) is 2. The quantitative estimate of drug-likeness (QED) is 0.851. The van der Waals surface area contributed by atoms with Gasteiger partial charge in [0.15, 0.2) is 0 Å². The average molecular weight is 241 g/mol. The zero-order valence-electron chi connectivity index (χ0n) is 9.17. The van der Waals surface area contributed by atoms with E-state index in [1.807, 2.05) is 0 Å². The maximum absolute atomic E-state index is 13.5. The highest BCUT2D eigenvalue weighted by Gasteiger charge is 2.38. The van der Waals surface area contributed by atoms with E-state index in [9.17, 15) is 13.6 Å². The number of hydrogen-bond donors (Lipinski definition) is 2. The van der Waals surface area contributed by atoms with Gasteiger partial charge in [0, 0.05) is 12.0 Å². The van der Waals surface area contributed by atoms with Crippen molar-refractivity contribution in [1.29, 1.82) is 0 Å². The summed E-state index contributed by atoms with van der Waals surface area (Å²) in [5.74, 6) is -3.67. The van der Waals surface area contributed by atoms with Gasteiger partial charge < -0.3 is 10.8 Å². The molecule has 1 aromatic rings. The van der Waals surface area contributed by atoms with Gasteiger partial charge in [0.05, 0.1) is 0 Å². The summed E-state index contributed by atoms with van der Waals surface area (Å²) < 4.78 is 27.1. The predicted octanol–water partition coefficient (Wildman–Crippen LogP) is 2.04. The molecule has 1 aromatic carbocycles. The van der Waals surface area contributed by atoms with Crippen molar-refractivity contribution in [2.75, 3.05) is 6.54 Å². The standard InChI is InChI=1S/C12H13F2NO2/c13-8-4-7(12(6-15)2-1-3-12)5-9(14)10(8)11(16)17/h4-5H,1-3,6,15H2,(H,16,17). The largest absolute Gasteiger partial charge is 0.477 e. The van der Waals surface area contributed by atoms with E-state index in [2.05, 4.69) is 0 Å². The molecular weight excluding hydrogens is 228 g/mol. The maximum atomic E-state index is 13.5. The third-order valence-electron chi connectivity index (χ3n) is 3.57. The Labute approximate surface area is 97.2 Å². The summed E-state index contributed by atoms with van der Waals surface area (Å²) in [6, 6.07) is 2.19. The second kappa shape index (κ2) is 4.07. The molecule has 92 valence electrons. The van der Waals surface area contributed by atoms with Crippen LogP contribution in [0.25, 0.3) is 0 Å². The van der Waals surface area contributed by atoms with E-state index < -0.39 is 23.2 Å². The highest BCUT2D eigenvalue weighted by molar-refractivity contribution is 5.88. The van der Waals surface area contributed by atoms with Crippen LogP contribution in [-0.2, 0) is 5.41 Å². The summed E-state index contributed by atoms with van der Waals surface area (Å²) in [5.41, 5.74) is 4.82. The first-order chi connectivity index (χ1) is 8.00. The number of carbonyl (C=O) groups is 1. The number of carboxylic acids is 1. The molecule has 0 unspecified atom stereocenters. The van der Waals surface area contributed by atoms with Crippen molar-refractivity contribution >= 4 is 5.97 Å². The van der Waals surface area contributed by atoms with E-state index in [1.165, 1.54) is 0 Å². The number of rotatable bonds is 3. The second-order valence-corrected chi connectivity index (χ2v) is 4.46. The molecule has 2 rings (SSSR count). The van der Waals surface area contributed by atoms with Crippen molar-refractivity contribution in [3.63, 3.8) is 0 Å². The molecular formula is C12H13F2NO2. The molecule has 1 fully saturated rings. The van der Waals surface area contributed by atoms with Gasteiger partial charge in [-0.1, -0.05) is 6.42 Å². The van der Waals surface area contributed by atoms with Gasteiger partial charge in [-0.2, -0.15) is 0 Å². The lowest BCUT2D eigenvalue weighted by atomic mass is 9.64. The van der Waals surface area contributed by atoms with Crippen LogP contribution in [0.3, 0.4) is 0 Å². The van der Waals surface area contributed by atoms with Crippen LogP contribution in [0.5, 0.6) is 0 Å². The van der Waals surface area contributed by atoms with E-state index in [-0.39, 0.29) is 5.41 Å². The second-order valence-electron chi connectivity index (χ2n) is 4.46. The Hall–Kier alpha value is -1.49. The number of aromatic carboxylic acids is 1. The molecule has 0 bridgehead atoms. The highest BCUT2D eigenvalue weighted by Crippen LogP contribution is 2.43. The van der Waals surface area contributed by atoms with Crippen LogP contribution >= 0.6 is 0 Å². The van der Waals surface area contributed by atoms with E-state index >= 15 is 0 Å². The van der Waals surface area contributed by atoms with Crippen LogP contribution in [0.1, 0.15) is 35.2 Å². The minimum Gasteiger partial charge on any atom is -0.477 e. The third-order valence-corrected chi connectivity index (χ3v) is 3.57. The average Bonchev–Trinajstić information content (AvgIpc) is 2.14. The summed E-state index contributed by atoms with van der Waals surface area (Å²) in [4.78, 5) is 10.7. The molecule has 1 saturated carbocycles. The smallest absolute Gasteiger partial charge is 0.341 e. The number of carboxylic acid groups (broad SMARTS) is 1. The monoisotopic (exact) mass is 241 g/mol. The SMILES string of the molecule is NCC1(c2cc(F)c(C(=O)O)c(F)c2)CCC1. The fraction of sp³-hybridized carbons (Fsp3) is 0.417. The molecule has 0 spiro atoms. The topological polar surface area (TPSA) is 63.3 Å². The zero-order chi connectivity index (χ0) is 12.6. The first-order valence-corrected chi connectivity index (χ1v) is 5.43. The molecule has 0 saturated heterocycles. The summed E-state index contributed by atoms with van der Waals surface area (Å²) in [7, 11) is 0. The molecule has 0 amide bonds. The van der Waals surface area contributed by atoms with Crippen LogP contribution < -0.4 is 5.73 Å². The molecule has 1 aliphatic rings. The normalized spacial score (nSPS) is 17.6. The molecule has 0 aliphatic heterocycles. The molecule has 17 heavy (non-hydrogen) atoms. The fourth-order valence-electron chi connectivity index (χ4n) is 2.30. The van der Waals surface area contributed by atoms with E-state index in [4.69, 9.17) is 10.8 Å². The molecule has 1 aliphatic carbocycles. The van der Waals surface area contributed by atoms with Gasteiger partial charge in [-0.3, -0.25) is 0 Å². The molecule has 5 heteroatoms. The number of nitrogens with two attached hydrogens (primary N) is 1. The van der Waals surface area contributed by atoms with E-state index in [0.29, 0.717) is 12.1 Å². The Kier molecular flexibility index (Phi) is 2.87. The number of benzene rings is 1. The molecule has 3 nitrogen and oxygen atoms in total.